The van der Waals surface area contributed by atoms with Crippen molar-refractivity contribution in [2.45, 2.75) is 32.9 Å². The Bertz CT molecular complexity index is 457. The van der Waals surface area contributed by atoms with Gasteiger partial charge in [0.1, 0.15) is 0 Å². The number of rotatable bonds is 7. The first kappa shape index (κ1) is 16.0. The van der Waals surface area contributed by atoms with Crippen LogP contribution in [0, 0.1) is 0 Å². The van der Waals surface area contributed by atoms with Crippen LogP contribution in [-0.2, 0) is 11.3 Å². The maximum atomic E-state index is 11.7. The molecule has 5 N–H and O–H groups in total. The molecule has 0 heterocycles. The van der Waals surface area contributed by atoms with E-state index in [2.05, 4.69) is 15.8 Å². The molecule has 0 aliphatic heterocycles. The zero-order valence-corrected chi connectivity index (χ0v) is 11.9. The van der Waals surface area contributed by atoms with Gasteiger partial charge in [0.05, 0.1) is 6.04 Å². The van der Waals surface area contributed by atoms with Crippen LogP contribution in [0.3, 0.4) is 0 Å². The van der Waals surface area contributed by atoms with Crippen LogP contribution in [0.15, 0.2) is 29.4 Å². The van der Waals surface area contributed by atoms with Gasteiger partial charge in [-0.25, -0.2) is 0 Å². The molecule has 1 aromatic rings. The smallest absolute Gasteiger partial charge is 0.236 e. The van der Waals surface area contributed by atoms with E-state index in [1.165, 1.54) is 0 Å². The lowest BCUT2D eigenvalue weighted by molar-refractivity contribution is -0.122. The molecule has 0 aliphatic rings. The van der Waals surface area contributed by atoms with Gasteiger partial charge in [-0.3, -0.25) is 4.79 Å². The molecule has 0 saturated heterocycles. The van der Waals surface area contributed by atoms with E-state index in [1.54, 1.807) is 12.1 Å². The number of oxime groups is 1. The summed E-state index contributed by atoms with van der Waals surface area (Å²) in [5.74, 6) is 0.0805. The van der Waals surface area contributed by atoms with Crippen molar-refractivity contribution < 1.29 is 10.0 Å². The Morgan fingerprint density at radius 1 is 1.40 bits per heavy atom. The molecule has 110 valence electrons. The van der Waals surface area contributed by atoms with Crippen molar-refractivity contribution in [3.8, 4) is 0 Å². The second kappa shape index (κ2) is 8.16. The second-order valence-corrected chi connectivity index (χ2v) is 4.58. The average molecular weight is 278 g/mol. The number of hydrogen-bond acceptors (Lipinski definition) is 4. The van der Waals surface area contributed by atoms with Crippen molar-refractivity contribution >= 4 is 11.7 Å². The molecule has 6 nitrogen and oxygen atoms in total. The number of amidine groups is 1. The Hall–Kier alpha value is -2.08. The second-order valence-electron chi connectivity index (χ2n) is 4.58. The molecule has 20 heavy (non-hydrogen) atoms. The van der Waals surface area contributed by atoms with Gasteiger partial charge in [-0.1, -0.05) is 36.3 Å². The Morgan fingerprint density at radius 2 is 2.05 bits per heavy atom. The van der Waals surface area contributed by atoms with E-state index in [9.17, 15) is 4.79 Å². The molecule has 0 saturated carbocycles. The van der Waals surface area contributed by atoms with Gasteiger partial charge in [0.25, 0.3) is 0 Å². The van der Waals surface area contributed by atoms with E-state index in [4.69, 9.17) is 10.9 Å². The monoisotopic (exact) mass is 278 g/mol. The fourth-order valence-electron chi connectivity index (χ4n) is 1.62. The van der Waals surface area contributed by atoms with Crippen LogP contribution in [0.1, 0.15) is 31.4 Å². The Kier molecular flexibility index (Phi) is 6.52. The molecule has 1 aromatic carbocycles. The van der Waals surface area contributed by atoms with Crippen molar-refractivity contribution in [1.29, 1.82) is 0 Å². The number of amides is 1. The SMILES string of the molecule is CCCNC(=O)C(C)NCc1ccc(C(N)=NO)cc1. The lowest BCUT2D eigenvalue weighted by Gasteiger charge is -2.13. The van der Waals surface area contributed by atoms with E-state index >= 15 is 0 Å². The maximum absolute atomic E-state index is 11.7. The summed E-state index contributed by atoms with van der Waals surface area (Å²) >= 11 is 0. The number of nitrogens with one attached hydrogen (secondary N) is 2. The number of benzene rings is 1. The summed E-state index contributed by atoms with van der Waals surface area (Å²) < 4.78 is 0. The normalized spacial score (nSPS) is 13.0. The van der Waals surface area contributed by atoms with Gasteiger partial charge < -0.3 is 21.6 Å². The van der Waals surface area contributed by atoms with E-state index < -0.39 is 0 Å². The molecule has 1 atom stereocenters. The molecule has 0 aliphatic carbocycles. The van der Waals surface area contributed by atoms with Crippen LogP contribution < -0.4 is 16.4 Å². The standard InChI is InChI=1S/C14H22N4O2/c1-3-8-16-14(19)10(2)17-9-11-4-6-12(7-5-11)13(15)18-20/h4-7,10,17,20H,3,8-9H2,1-2H3,(H2,15,18)(H,16,19). The molecule has 1 unspecified atom stereocenters. The van der Waals surface area contributed by atoms with Gasteiger partial charge >= 0.3 is 0 Å². The van der Waals surface area contributed by atoms with Gasteiger partial charge in [0.15, 0.2) is 5.84 Å². The van der Waals surface area contributed by atoms with Crippen LogP contribution in [0.5, 0.6) is 0 Å². The first-order chi connectivity index (χ1) is 9.58. The van der Waals surface area contributed by atoms with Gasteiger partial charge in [-0.2, -0.15) is 0 Å². The predicted molar refractivity (Wildman–Crippen MR) is 78.6 cm³/mol. The molecule has 6 heteroatoms. The predicted octanol–water partition coefficient (Wildman–Crippen LogP) is 0.785. The van der Waals surface area contributed by atoms with Gasteiger partial charge in [-0.15, -0.1) is 0 Å². The molecule has 1 amide bonds. The average Bonchev–Trinajstić information content (AvgIpc) is 2.49. The van der Waals surface area contributed by atoms with Crippen molar-refractivity contribution in [1.82, 2.24) is 10.6 Å². The minimum absolute atomic E-state index is 0.000119. The van der Waals surface area contributed by atoms with Gasteiger partial charge in [-0.05, 0) is 18.9 Å². The highest BCUT2D eigenvalue weighted by Gasteiger charge is 2.10. The third kappa shape index (κ3) is 4.89. The zero-order chi connectivity index (χ0) is 15.0. The highest BCUT2D eigenvalue weighted by atomic mass is 16.4. The summed E-state index contributed by atoms with van der Waals surface area (Å²) in [5, 5.41) is 17.5. The summed E-state index contributed by atoms with van der Waals surface area (Å²) in [6.07, 6.45) is 0.924. The fraction of sp³-hybridized carbons (Fsp3) is 0.429. The minimum Gasteiger partial charge on any atom is -0.409 e. The molecular formula is C14H22N4O2. The third-order valence-corrected chi connectivity index (χ3v) is 2.91. The largest absolute Gasteiger partial charge is 0.409 e. The summed E-state index contributed by atoms with van der Waals surface area (Å²) in [5.41, 5.74) is 7.16. The minimum atomic E-state index is -0.245. The highest BCUT2D eigenvalue weighted by molar-refractivity contribution is 5.96. The first-order valence-corrected chi connectivity index (χ1v) is 6.66. The van der Waals surface area contributed by atoms with Crippen molar-refractivity contribution in [3.05, 3.63) is 35.4 Å². The van der Waals surface area contributed by atoms with Gasteiger partial charge in [0, 0.05) is 18.7 Å². The molecule has 0 fully saturated rings. The fourth-order valence-corrected chi connectivity index (χ4v) is 1.62. The summed E-state index contributed by atoms with van der Waals surface area (Å²) in [6, 6.07) is 7.04. The van der Waals surface area contributed by atoms with E-state index in [0.29, 0.717) is 18.7 Å². The maximum Gasteiger partial charge on any atom is 0.236 e. The van der Waals surface area contributed by atoms with E-state index in [-0.39, 0.29) is 17.8 Å². The molecule has 0 aromatic heterocycles. The quantitative estimate of drug-likeness (QED) is 0.256. The lowest BCUT2D eigenvalue weighted by Crippen LogP contribution is -2.42. The van der Waals surface area contributed by atoms with E-state index in [0.717, 1.165) is 12.0 Å². The first-order valence-electron chi connectivity index (χ1n) is 6.66. The number of hydrogen-bond donors (Lipinski definition) is 4. The van der Waals surface area contributed by atoms with Crippen LogP contribution in [0.25, 0.3) is 0 Å². The summed E-state index contributed by atoms with van der Waals surface area (Å²) in [4.78, 5) is 11.7. The third-order valence-electron chi connectivity index (χ3n) is 2.91. The Labute approximate surface area is 119 Å². The van der Waals surface area contributed by atoms with Crippen molar-refractivity contribution in [2.75, 3.05) is 6.54 Å². The number of carbonyl (C=O) groups excluding carboxylic acids is 1. The molecule has 0 bridgehead atoms. The Morgan fingerprint density at radius 3 is 2.60 bits per heavy atom. The molecular weight excluding hydrogens is 256 g/mol. The van der Waals surface area contributed by atoms with Crippen LogP contribution in [-0.4, -0.2) is 29.5 Å². The molecule has 0 spiro atoms. The van der Waals surface area contributed by atoms with Crippen LogP contribution in [0.4, 0.5) is 0 Å². The number of nitrogens with zero attached hydrogens (tertiary/aromatic N) is 1. The van der Waals surface area contributed by atoms with E-state index in [1.807, 2.05) is 26.0 Å². The van der Waals surface area contributed by atoms with Crippen LogP contribution in [0.2, 0.25) is 0 Å². The van der Waals surface area contributed by atoms with Crippen molar-refractivity contribution in [2.24, 2.45) is 10.9 Å². The topological polar surface area (TPSA) is 99.7 Å². The molecule has 0 radical (unpaired) electrons. The summed E-state index contributed by atoms with van der Waals surface area (Å²) in [6.45, 7) is 5.12. The highest BCUT2D eigenvalue weighted by Crippen LogP contribution is 2.04. The lowest BCUT2D eigenvalue weighted by atomic mass is 10.1. The zero-order valence-electron chi connectivity index (χ0n) is 11.9. The Balaban J connectivity index is 2.47. The number of nitrogens with two attached hydrogens (primary N) is 1. The molecule has 1 rings (SSSR count). The van der Waals surface area contributed by atoms with Crippen LogP contribution >= 0.6 is 0 Å². The number of carbonyl (C=O) groups is 1. The summed E-state index contributed by atoms with van der Waals surface area (Å²) in [7, 11) is 0. The van der Waals surface area contributed by atoms with Crippen molar-refractivity contribution in [3.63, 3.8) is 0 Å². The van der Waals surface area contributed by atoms with Gasteiger partial charge in [0.2, 0.25) is 5.91 Å².